The Morgan fingerprint density at radius 3 is 2.43 bits per heavy atom. The monoisotopic (exact) mass is 280 g/mol. The van der Waals surface area contributed by atoms with Gasteiger partial charge in [0.2, 0.25) is 0 Å². The maximum atomic E-state index is 11.3. The van der Waals surface area contributed by atoms with E-state index in [1.807, 2.05) is 29.0 Å². The standard InChI is InChI=1S/C16H12N2O3/c1-11(19)12-5-7-14(8-6-12)17-9-13-3-2-4-16(18(20)21)15(13)10-17/h2-10H,1H3. The van der Waals surface area contributed by atoms with Crippen LogP contribution >= 0.6 is 0 Å². The summed E-state index contributed by atoms with van der Waals surface area (Å²) >= 11 is 0. The van der Waals surface area contributed by atoms with Crippen LogP contribution < -0.4 is 0 Å². The SMILES string of the molecule is CC(=O)c1ccc(-n2cc3cccc([N+](=O)[O-])c3c2)cc1. The highest BCUT2D eigenvalue weighted by Crippen LogP contribution is 2.27. The van der Waals surface area contributed by atoms with Crippen molar-refractivity contribution in [2.45, 2.75) is 6.92 Å². The average molecular weight is 280 g/mol. The van der Waals surface area contributed by atoms with E-state index in [1.54, 1.807) is 24.4 Å². The molecule has 0 saturated carbocycles. The van der Waals surface area contributed by atoms with Gasteiger partial charge in [0.05, 0.1) is 10.3 Å². The van der Waals surface area contributed by atoms with E-state index in [0.717, 1.165) is 11.1 Å². The van der Waals surface area contributed by atoms with E-state index in [1.165, 1.54) is 13.0 Å². The molecule has 0 spiro atoms. The van der Waals surface area contributed by atoms with Gasteiger partial charge in [0.25, 0.3) is 5.69 Å². The molecule has 1 aromatic heterocycles. The van der Waals surface area contributed by atoms with Gasteiger partial charge < -0.3 is 4.57 Å². The lowest BCUT2D eigenvalue weighted by atomic mass is 10.1. The summed E-state index contributed by atoms with van der Waals surface area (Å²) in [6.45, 7) is 1.52. The predicted octanol–water partition coefficient (Wildman–Crippen LogP) is 3.74. The molecule has 0 fully saturated rings. The lowest BCUT2D eigenvalue weighted by molar-refractivity contribution is -0.383. The Morgan fingerprint density at radius 1 is 1.10 bits per heavy atom. The molecule has 5 nitrogen and oxygen atoms in total. The largest absolute Gasteiger partial charge is 0.322 e. The van der Waals surface area contributed by atoms with Gasteiger partial charge in [-0.25, -0.2) is 0 Å². The fraction of sp³-hybridized carbons (Fsp3) is 0.0625. The molecular weight excluding hydrogens is 268 g/mol. The summed E-state index contributed by atoms with van der Waals surface area (Å²) in [5.41, 5.74) is 1.58. The lowest BCUT2D eigenvalue weighted by Gasteiger charge is -2.03. The van der Waals surface area contributed by atoms with E-state index in [4.69, 9.17) is 0 Å². The van der Waals surface area contributed by atoms with Crippen molar-refractivity contribution in [2.75, 3.05) is 0 Å². The van der Waals surface area contributed by atoms with Crippen molar-refractivity contribution in [3.8, 4) is 5.69 Å². The fourth-order valence-electron chi connectivity index (χ4n) is 2.33. The number of non-ortho nitro benzene ring substituents is 1. The number of hydrogen-bond acceptors (Lipinski definition) is 3. The first-order valence-corrected chi connectivity index (χ1v) is 6.43. The van der Waals surface area contributed by atoms with Crippen molar-refractivity contribution in [1.29, 1.82) is 0 Å². The zero-order valence-corrected chi connectivity index (χ0v) is 11.3. The Hall–Kier alpha value is -2.95. The molecule has 0 saturated heterocycles. The topological polar surface area (TPSA) is 65.1 Å². The van der Waals surface area contributed by atoms with Crippen LogP contribution in [0.25, 0.3) is 16.5 Å². The number of nitrogens with zero attached hydrogens (tertiary/aromatic N) is 2. The Bertz CT molecular complexity index is 848. The van der Waals surface area contributed by atoms with Gasteiger partial charge >= 0.3 is 0 Å². The van der Waals surface area contributed by atoms with Crippen LogP contribution in [0.5, 0.6) is 0 Å². The fourth-order valence-corrected chi connectivity index (χ4v) is 2.33. The molecule has 0 radical (unpaired) electrons. The first kappa shape index (κ1) is 13.1. The van der Waals surface area contributed by atoms with Crippen molar-refractivity contribution in [2.24, 2.45) is 0 Å². The van der Waals surface area contributed by atoms with E-state index >= 15 is 0 Å². The van der Waals surface area contributed by atoms with Gasteiger partial charge in [-0.15, -0.1) is 0 Å². The second-order valence-electron chi connectivity index (χ2n) is 4.81. The van der Waals surface area contributed by atoms with Crippen molar-refractivity contribution in [3.05, 3.63) is 70.5 Å². The first-order valence-electron chi connectivity index (χ1n) is 6.43. The number of rotatable bonds is 3. The average Bonchev–Trinajstić information content (AvgIpc) is 2.90. The molecule has 0 atom stereocenters. The summed E-state index contributed by atoms with van der Waals surface area (Å²) in [5, 5.41) is 12.4. The third-order valence-electron chi connectivity index (χ3n) is 3.43. The van der Waals surface area contributed by atoms with Crippen LogP contribution in [0.3, 0.4) is 0 Å². The number of nitro groups is 1. The van der Waals surface area contributed by atoms with Gasteiger partial charge in [-0.3, -0.25) is 14.9 Å². The van der Waals surface area contributed by atoms with Gasteiger partial charge in [0.1, 0.15) is 0 Å². The predicted molar refractivity (Wildman–Crippen MR) is 79.9 cm³/mol. The van der Waals surface area contributed by atoms with Crippen LogP contribution in [0.2, 0.25) is 0 Å². The summed E-state index contributed by atoms with van der Waals surface area (Å²) < 4.78 is 1.82. The molecule has 0 aliphatic rings. The molecule has 0 aliphatic heterocycles. The van der Waals surface area contributed by atoms with Crippen LogP contribution in [0.4, 0.5) is 5.69 Å². The van der Waals surface area contributed by atoms with Gasteiger partial charge in [-0.2, -0.15) is 0 Å². The second kappa shape index (κ2) is 4.86. The quantitative estimate of drug-likeness (QED) is 0.417. The van der Waals surface area contributed by atoms with E-state index in [0.29, 0.717) is 10.9 Å². The molecule has 0 unspecified atom stereocenters. The number of ketones is 1. The Kier molecular flexibility index (Phi) is 3.02. The minimum Gasteiger partial charge on any atom is -0.322 e. The van der Waals surface area contributed by atoms with Gasteiger partial charge in [0.15, 0.2) is 5.78 Å². The summed E-state index contributed by atoms with van der Waals surface area (Å²) in [5.74, 6) is 0.00913. The minimum atomic E-state index is -0.383. The molecule has 0 amide bonds. The van der Waals surface area contributed by atoms with Crippen LogP contribution in [0, 0.1) is 10.1 Å². The van der Waals surface area contributed by atoms with E-state index in [-0.39, 0.29) is 16.4 Å². The normalized spacial score (nSPS) is 10.7. The van der Waals surface area contributed by atoms with Crippen molar-refractivity contribution >= 4 is 22.2 Å². The highest BCUT2D eigenvalue weighted by molar-refractivity contribution is 5.94. The summed E-state index contributed by atoms with van der Waals surface area (Å²) in [7, 11) is 0. The molecule has 0 aliphatic carbocycles. The maximum absolute atomic E-state index is 11.3. The minimum absolute atomic E-state index is 0.00913. The van der Waals surface area contributed by atoms with Crippen molar-refractivity contribution in [1.82, 2.24) is 4.57 Å². The van der Waals surface area contributed by atoms with E-state index in [9.17, 15) is 14.9 Å². The van der Waals surface area contributed by atoms with Gasteiger partial charge in [-0.1, -0.05) is 12.1 Å². The number of benzene rings is 2. The maximum Gasteiger partial charge on any atom is 0.278 e. The molecule has 1 heterocycles. The third-order valence-corrected chi connectivity index (χ3v) is 3.43. The third kappa shape index (κ3) is 2.29. The van der Waals surface area contributed by atoms with Crippen molar-refractivity contribution < 1.29 is 9.72 Å². The Labute approximate surface area is 120 Å². The van der Waals surface area contributed by atoms with Crippen LogP contribution in [-0.4, -0.2) is 15.3 Å². The van der Waals surface area contributed by atoms with Crippen molar-refractivity contribution in [3.63, 3.8) is 0 Å². The lowest BCUT2D eigenvalue weighted by Crippen LogP contribution is -1.94. The van der Waals surface area contributed by atoms with Gasteiger partial charge in [0, 0.05) is 35.1 Å². The molecule has 21 heavy (non-hydrogen) atoms. The Balaban J connectivity index is 2.11. The van der Waals surface area contributed by atoms with Gasteiger partial charge in [-0.05, 0) is 31.2 Å². The summed E-state index contributed by atoms with van der Waals surface area (Å²) in [6, 6.07) is 12.1. The number of carbonyl (C=O) groups is 1. The number of carbonyl (C=O) groups excluding carboxylic acids is 1. The summed E-state index contributed by atoms with van der Waals surface area (Å²) in [4.78, 5) is 21.9. The van der Waals surface area contributed by atoms with Crippen LogP contribution in [0.15, 0.2) is 54.9 Å². The van der Waals surface area contributed by atoms with E-state index in [2.05, 4.69) is 0 Å². The molecule has 3 rings (SSSR count). The zero-order chi connectivity index (χ0) is 15.0. The molecule has 3 aromatic rings. The number of nitro benzene ring substituents is 1. The van der Waals surface area contributed by atoms with Crippen LogP contribution in [0.1, 0.15) is 17.3 Å². The Morgan fingerprint density at radius 2 is 1.81 bits per heavy atom. The molecule has 2 aromatic carbocycles. The molecule has 104 valence electrons. The zero-order valence-electron chi connectivity index (χ0n) is 11.3. The smallest absolute Gasteiger partial charge is 0.278 e. The number of fused-ring (bicyclic) bond motifs is 1. The molecule has 5 heteroatoms. The number of aromatic nitrogens is 1. The van der Waals surface area contributed by atoms with Crippen LogP contribution in [-0.2, 0) is 0 Å². The number of Topliss-reactive ketones (excluding diaryl/α,β-unsaturated/α-hetero) is 1. The highest BCUT2D eigenvalue weighted by Gasteiger charge is 2.13. The summed E-state index contributed by atoms with van der Waals surface area (Å²) in [6.07, 6.45) is 3.57. The second-order valence-corrected chi connectivity index (χ2v) is 4.81. The molecular formula is C16H12N2O3. The number of hydrogen-bond donors (Lipinski definition) is 0. The molecule has 0 bridgehead atoms. The first-order chi connectivity index (χ1) is 10.1. The van der Waals surface area contributed by atoms with E-state index < -0.39 is 0 Å². The highest BCUT2D eigenvalue weighted by atomic mass is 16.6. The molecule has 0 N–H and O–H groups in total.